The normalized spacial score (nSPS) is 28.3. The number of fused-ring (bicyclic) bond motifs is 1. The first-order chi connectivity index (χ1) is 6.47. The molecule has 0 aliphatic heterocycles. The number of hydrogen-bond donors (Lipinski definition) is 0. The van der Waals surface area contributed by atoms with E-state index in [1.54, 1.807) is 5.57 Å². The monoisotopic (exact) mass is 174 g/mol. The Morgan fingerprint density at radius 1 is 1.00 bits per heavy atom. The fourth-order valence-electron chi connectivity index (χ4n) is 2.37. The maximum atomic E-state index is 2.35. The van der Waals surface area contributed by atoms with Gasteiger partial charge in [0, 0.05) is 0 Å². The van der Waals surface area contributed by atoms with Crippen molar-refractivity contribution in [1.82, 2.24) is 0 Å². The van der Waals surface area contributed by atoms with Gasteiger partial charge in [0.05, 0.1) is 0 Å². The van der Waals surface area contributed by atoms with Crippen LogP contribution >= 0.6 is 0 Å². The van der Waals surface area contributed by atoms with Crippen molar-refractivity contribution in [2.75, 3.05) is 0 Å². The lowest BCUT2D eigenvalue weighted by Gasteiger charge is -2.24. The third-order valence-corrected chi connectivity index (χ3v) is 3.14. The van der Waals surface area contributed by atoms with Gasteiger partial charge in [-0.2, -0.15) is 0 Å². The van der Waals surface area contributed by atoms with Crippen LogP contribution in [0.4, 0.5) is 0 Å². The molecule has 0 aromatic rings. The van der Waals surface area contributed by atoms with Crippen molar-refractivity contribution in [3.63, 3.8) is 0 Å². The van der Waals surface area contributed by atoms with E-state index in [9.17, 15) is 0 Å². The average molecular weight is 174 g/mol. The molecule has 2 aliphatic rings. The zero-order valence-electron chi connectivity index (χ0n) is 8.21. The molecule has 2 aliphatic carbocycles. The number of rotatable bonds is 0. The van der Waals surface area contributed by atoms with Crippen molar-refractivity contribution < 1.29 is 0 Å². The zero-order valence-corrected chi connectivity index (χ0v) is 8.21. The van der Waals surface area contributed by atoms with Gasteiger partial charge >= 0.3 is 0 Å². The summed E-state index contributed by atoms with van der Waals surface area (Å²) in [6, 6.07) is 0. The maximum Gasteiger partial charge on any atom is -0.0197 e. The van der Waals surface area contributed by atoms with Crippen molar-refractivity contribution in [3.05, 3.63) is 36.0 Å². The molecule has 0 spiro atoms. The van der Waals surface area contributed by atoms with E-state index in [0.29, 0.717) is 0 Å². The quantitative estimate of drug-likeness (QED) is 0.520. The van der Waals surface area contributed by atoms with Gasteiger partial charge in [0.1, 0.15) is 0 Å². The summed E-state index contributed by atoms with van der Waals surface area (Å²) >= 11 is 0. The zero-order chi connectivity index (χ0) is 8.93. The molecule has 70 valence electrons. The van der Waals surface area contributed by atoms with E-state index in [0.717, 1.165) is 5.92 Å². The van der Waals surface area contributed by atoms with Gasteiger partial charge in [-0.15, -0.1) is 0 Å². The molecule has 13 heavy (non-hydrogen) atoms. The van der Waals surface area contributed by atoms with Crippen molar-refractivity contribution in [3.8, 4) is 0 Å². The molecule has 0 nitrogen and oxygen atoms in total. The second-order valence-electron chi connectivity index (χ2n) is 4.07. The fourth-order valence-corrected chi connectivity index (χ4v) is 2.37. The van der Waals surface area contributed by atoms with Crippen molar-refractivity contribution >= 4 is 0 Å². The standard InChI is InChI=1S/C13H18/c1-2-4-8-12-10-6-7-11-13(12)9-5-3-1/h1-4,8,13H,5-7,9-11H2. The molecule has 0 heteroatoms. The summed E-state index contributed by atoms with van der Waals surface area (Å²) in [4.78, 5) is 0. The lowest BCUT2D eigenvalue weighted by Crippen LogP contribution is -2.09. The van der Waals surface area contributed by atoms with Gasteiger partial charge in [0.2, 0.25) is 0 Å². The smallest absolute Gasteiger partial charge is 0.0197 e. The van der Waals surface area contributed by atoms with Crippen LogP contribution in [0.25, 0.3) is 0 Å². The Labute approximate surface area is 81.0 Å². The summed E-state index contributed by atoms with van der Waals surface area (Å²) in [5, 5.41) is 0. The number of hydrogen-bond acceptors (Lipinski definition) is 0. The lowest BCUT2D eigenvalue weighted by molar-refractivity contribution is 0.431. The highest BCUT2D eigenvalue weighted by Gasteiger charge is 2.17. The molecule has 0 amide bonds. The van der Waals surface area contributed by atoms with Crippen molar-refractivity contribution in [1.29, 1.82) is 0 Å². The Balaban J connectivity index is 2.13. The summed E-state index contributed by atoms with van der Waals surface area (Å²) in [6.45, 7) is 0. The van der Waals surface area contributed by atoms with Crippen molar-refractivity contribution in [2.24, 2.45) is 5.92 Å². The molecule has 0 aromatic carbocycles. The summed E-state index contributed by atoms with van der Waals surface area (Å²) < 4.78 is 0. The third kappa shape index (κ3) is 2.33. The molecule has 0 aromatic heterocycles. The van der Waals surface area contributed by atoms with Crippen LogP contribution in [0, 0.1) is 5.92 Å². The predicted molar refractivity (Wildman–Crippen MR) is 57.6 cm³/mol. The topological polar surface area (TPSA) is 0 Å². The van der Waals surface area contributed by atoms with Crippen LogP contribution in [0.15, 0.2) is 36.0 Å². The first-order valence-electron chi connectivity index (χ1n) is 5.49. The highest BCUT2D eigenvalue weighted by atomic mass is 14.2. The molecule has 0 heterocycles. The van der Waals surface area contributed by atoms with Crippen LogP contribution in [0.2, 0.25) is 0 Å². The minimum Gasteiger partial charge on any atom is -0.0845 e. The van der Waals surface area contributed by atoms with Gasteiger partial charge in [-0.1, -0.05) is 42.4 Å². The molecule has 0 N–H and O–H groups in total. The molecule has 0 saturated heterocycles. The van der Waals surface area contributed by atoms with E-state index < -0.39 is 0 Å². The van der Waals surface area contributed by atoms with Gasteiger partial charge in [-0.3, -0.25) is 0 Å². The van der Waals surface area contributed by atoms with E-state index >= 15 is 0 Å². The molecule has 0 radical (unpaired) electrons. The first-order valence-corrected chi connectivity index (χ1v) is 5.49. The predicted octanol–water partition coefficient (Wildman–Crippen LogP) is 4.01. The van der Waals surface area contributed by atoms with Crippen LogP contribution in [-0.2, 0) is 0 Å². The Hall–Kier alpha value is -0.780. The lowest BCUT2D eigenvalue weighted by atomic mass is 9.81. The molecule has 0 bridgehead atoms. The molecule has 1 fully saturated rings. The first kappa shape index (κ1) is 8.80. The SMILES string of the molecule is C1=CC=C2CCCCC2CCC=C1. The second kappa shape index (κ2) is 4.45. The van der Waals surface area contributed by atoms with Crippen LogP contribution in [0.1, 0.15) is 38.5 Å². The van der Waals surface area contributed by atoms with Gasteiger partial charge in [-0.05, 0) is 38.0 Å². The van der Waals surface area contributed by atoms with Crippen molar-refractivity contribution in [2.45, 2.75) is 38.5 Å². The Kier molecular flexibility index (Phi) is 3.02. The van der Waals surface area contributed by atoms with Gasteiger partial charge < -0.3 is 0 Å². The van der Waals surface area contributed by atoms with Crippen LogP contribution in [0.3, 0.4) is 0 Å². The van der Waals surface area contributed by atoms with E-state index in [2.05, 4.69) is 30.4 Å². The van der Waals surface area contributed by atoms with E-state index in [4.69, 9.17) is 0 Å². The average Bonchev–Trinajstić information content (AvgIpc) is 2.28. The molecule has 1 unspecified atom stereocenters. The summed E-state index contributed by atoms with van der Waals surface area (Å²) in [7, 11) is 0. The van der Waals surface area contributed by atoms with Gasteiger partial charge in [-0.25, -0.2) is 0 Å². The molecule has 1 saturated carbocycles. The Morgan fingerprint density at radius 3 is 3.00 bits per heavy atom. The minimum atomic E-state index is 0.890. The maximum absolute atomic E-state index is 2.35. The molecular formula is C13H18. The summed E-state index contributed by atoms with van der Waals surface area (Å²) in [5.41, 5.74) is 1.70. The Bertz CT molecular complexity index is 243. The highest BCUT2D eigenvalue weighted by molar-refractivity contribution is 5.21. The van der Waals surface area contributed by atoms with Crippen LogP contribution in [0.5, 0.6) is 0 Å². The van der Waals surface area contributed by atoms with Crippen LogP contribution in [-0.4, -0.2) is 0 Å². The third-order valence-electron chi connectivity index (χ3n) is 3.14. The fraction of sp³-hybridized carbons (Fsp3) is 0.538. The number of allylic oxidation sites excluding steroid dienone is 6. The molecule has 1 atom stereocenters. The summed E-state index contributed by atoms with van der Waals surface area (Å²) in [5.74, 6) is 0.890. The molecule has 2 rings (SSSR count). The van der Waals surface area contributed by atoms with E-state index in [1.165, 1.54) is 38.5 Å². The largest absolute Gasteiger partial charge is 0.0845 e. The van der Waals surface area contributed by atoms with E-state index in [-0.39, 0.29) is 0 Å². The van der Waals surface area contributed by atoms with Crippen LogP contribution < -0.4 is 0 Å². The highest BCUT2D eigenvalue weighted by Crippen LogP contribution is 2.33. The second-order valence-corrected chi connectivity index (χ2v) is 4.07. The van der Waals surface area contributed by atoms with Gasteiger partial charge in [0.25, 0.3) is 0 Å². The molecular weight excluding hydrogens is 156 g/mol. The summed E-state index contributed by atoms with van der Waals surface area (Å²) in [6.07, 6.45) is 19.4. The van der Waals surface area contributed by atoms with E-state index in [1.807, 2.05) is 0 Å². The Morgan fingerprint density at radius 2 is 2.00 bits per heavy atom. The minimum absolute atomic E-state index is 0.890. The van der Waals surface area contributed by atoms with Gasteiger partial charge in [0.15, 0.2) is 0 Å².